The molecule has 1 aromatic heterocycles. The number of benzene rings is 3. The van der Waals surface area contributed by atoms with Crippen molar-refractivity contribution in [2.45, 2.75) is 26.1 Å². The molecule has 2 heterocycles. The Balaban J connectivity index is 1.57. The van der Waals surface area contributed by atoms with Crippen LogP contribution in [0.15, 0.2) is 72.9 Å². The van der Waals surface area contributed by atoms with Gasteiger partial charge in [0.2, 0.25) is 0 Å². The number of aromatic nitrogens is 1. The summed E-state index contributed by atoms with van der Waals surface area (Å²) in [6, 6.07) is 24.1. The van der Waals surface area contributed by atoms with Crippen molar-refractivity contribution in [3.63, 3.8) is 0 Å². The van der Waals surface area contributed by atoms with Crippen LogP contribution >= 0.6 is 0 Å². The van der Waals surface area contributed by atoms with Gasteiger partial charge in [-0.3, -0.25) is 4.98 Å². The standard InChI is InChI=1S/C29H28N4O2S/c1-19-17-33(18-20(2)35-19)24-13-11-23(12-14-24)27-16-31-28-25(22-9-7-21(15-30)8-10-22)5-4-6-26(28)29(27)32-36(3)34/h4-14,16,19-20H,17-18H2,1-3H3,(H,31,32)/t19-,20+,36?. The first kappa shape index (κ1) is 24.0. The van der Waals surface area contributed by atoms with Crippen LogP contribution in [0, 0.1) is 11.3 Å². The van der Waals surface area contributed by atoms with Crippen LogP contribution in [0.2, 0.25) is 0 Å². The zero-order chi connectivity index (χ0) is 25.2. The summed E-state index contributed by atoms with van der Waals surface area (Å²) in [6.07, 6.45) is 3.86. The van der Waals surface area contributed by atoms with Crippen molar-refractivity contribution in [1.29, 1.82) is 5.26 Å². The number of morpholine rings is 1. The van der Waals surface area contributed by atoms with Crippen molar-refractivity contribution in [2.24, 2.45) is 0 Å². The lowest BCUT2D eigenvalue weighted by atomic mass is 9.97. The van der Waals surface area contributed by atoms with Crippen molar-refractivity contribution in [2.75, 3.05) is 29.0 Å². The molecule has 4 aromatic rings. The number of nitrogens with one attached hydrogen (secondary N) is 1. The molecule has 1 aliphatic heterocycles. The quantitative estimate of drug-likeness (QED) is 0.380. The molecule has 0 saturated carbocycles. The molecule has 3 atom stereocenters. The number of anilines is 2. The largest absolute Gasteiger partial charge is 0.372 e. The van der Waals surface area contributed by atoms with Gasteiger partial charge in [-0.25, -0.2) is 4.21 Å². The molecule has 3 aromatic carbocycles. The van der Waals surface area contributed by atoms with Crippen LogP contribution in [-0.2, 0) is 15.7 Å². The molecule has 0 aliphatic carbocycles. The Kier molecular flexibility index (Phi) is 6.73. The number of nitriles is 1. The second kappa shape index (κ2) is 10.1. The smallest absolute Gasteiger partial charge is 0.113 e. The summed E-state index contributed by atoms with van der Waals surface area (Å²) in [6.45, 7) is 5.93. The number of ether oxygens (including phenoxy) is 1. The minimum atomic E-state index is -1.26. The molecule has 6 nitrogen and oxygen atoms in total. The molecular formula is C29H28N4O2S. The van der Waals surface area contributed by atoms with Gasteiger partial charge in [0.1, 0.15) is 11.0 Å². The van der Waals surface area contributed by atoms with Gasteiger partial charge in [0.15, 0.2) is 0 Å². The Morgan fingerprint density at radius 2 is 1.61 bits per heavy atom. The predicted molar refractivity (Wildman–Crippen MR) is 147 cm³/mol. The van der Waals surface area contributed by atoms with E-state index in [2.05, 4.69) is 53.8 Å². The van der Waals surface area contributed by atoms with E-state index in [4.69, 9.17) is 15.0 Å². The van der Waals surface area contributed by atoms with Crippen molar-refractivity contribution in [1.82, 2.24) is 4.98 Å². The summed E-state index contributed by atoms with van der Waals surface area (Å²) in [7, 11) is -1.26. The second-order valence-corrected chi connectivity index (χ2v) is 10.3. The molecule has 0 radical (unpaired) electrons. The molecule has 1 unspecified atom stereocenters. The van der Waals surface area contributed by atoms with E-state index in [1.165, 1.54) is 0 Å². The fourth-order valence-corrected chi connectivity index (χ4v) is 5.40. The summed E-state index contributed by atoms with van der Waals surface area (Å²) in [5, 5.41) is 10.0. The summed E-state index contributed by atoms with van der Waals surface area (Å²) in [4.78, 5) is 7.20. The highest BCUT2D eigenvalue weighted by atomic mass is 32.2. The van der Waals surface area contributed by atoms with Crippen LogP contribution in [0.5, 0.6) is 0 Å². The van der Waals surface area contributed by atoms with Gasteiger partial charge in [-0.15, -0.1) is 0 Å². The summed E-state index contributed by atoms with van der Waals surface area (Å²) >= 11 is 0. The Bertz CT molecular complexity index is 1450. The Morgan fingerprint density at radius 3 is 2.25 bits per heavy atom. The van der Waals surface area contributed by atoms with Crippen LogP contribution in [0.3, 0.4) is 0 Å². The number of hydrogen-bond donors (Lipinski definition) is 1. The predicted octanol–water partition coefficient (Wildman–Crippen LogP) is 5.76. The van der Waals surface area contributed by atoms with Crippen LogP contribution in [0.4, 0.5) is 11.4 Å². The minimum Gasteiger partial charge on any atom is -0.372 e. The first-order valence-corrected chi connectivity index (χ1v) is 13.5. The maximum absolute atomic E-state index is 12.3. The van der Waals surface area contributed by atoms with Gasteiger partial charge >= 0.3 is 0 Å². The highest BCUT2D eigenvalue weighted by Gasteiger charge is 2.22. The normalized spacial score (nSPS) is 18.6. The summed E-state index contributed by atoms with van der Waals surface area (Å²) < 4.78 is 21.4. The Morgan fingerprint density at radius 1 is 0.972 bits per heavy atom. The molecular weight excluding hydrogens is 468 g/mol. The lowest BCUT2D eigenvalue weighted by molar-refractivity contribution is -0.00521. The Labute approximate surface area is 214 Å². The average molecular weight is 497 g/mol. The van der Waals surface area contributed by atoms with Crippen molar-refractivity contribution in [3.8, 4) is 28.3 Å². The van der Waals surface area contributed by atoms with Gasteiger partial charge in [-0.2, -0.15) is 5.26 Å². The maximum Gasteiger partial charge on any atom is 0.113 e. The van der Waals surface area contributed by atoms with E-state index >= 15 is 0 Å². The fraction of sp³-hybridized carbons (Fsp3) is 0.241. The number of rotatable bonds is 5. The molecule has 1 fully saturated rings. The molecule has 0 spiro atoms. The van der Waals surface area contributed by atoms with E-state index in [9.17, 15) is 4.21 Å². The fourth-order valence-electron chi connectivity index (χ4n) is 4.89. The summed E-state index contributed by atoms with van der Waals surface area (Å²) in [5.41, 5.74) is 7.20. The van der Waals surface area contributed by atoms with Crippen LogP contribution in [0.25, 0.3) is 33.2 Å². The van der Waals surface area contributed by atoms with Gasteiger partial charge in [-0.1, -0.05) is 42.5 Å². The maximum atomic E-state index is 12.3. The minimum absolute atomic E-state index is 0.193. The van der Waals surface area contributed by atoms with E-state index in [1.54, 1.807) is 18.4 Å². The van der Waals surface area contributed by atoms with E-state index < -0.39 is 11.0 Å². The van der Waals surface area contributed by atoms with E-state index in [1.807, 2.05) is 36.5 Å². The number of hydrogen-bond acceptors (Lipinski definition) is 5. The number of pyridine rings is 1. The Hall–Kier alpha value is -3.73. The van der Waals surface area contributed by atoms with E-state index in [0.29, 0.717) is 5.56 Å². The number of para-hydroxylation sites is 1. The van der Waals surface area contributed by atoms with Gasteiger partial charge < -0.3 is 14.4 Å². The third-order valence-electron chi connectivity index (χ3n) is 6.43. The van der Waals surface area contributed by atoms with Gasteiger partial charge in [0.05, 0.1) is 35.0 Å². The monoisotopic (exact) mass is 496 g/mol. The molecule has 5 rings (SSSR count). The topological polar surface area (TPSA) is 78.3 Å². The second-order valence-electron chi connectivity index (χ2n) is 9.20. The molecule has 1 saturated heterocycles. The van der Waals surface area contributed by atoms with Crippen molar-refractivity contribution < 1.29 is 8.95 Å². The van der Waals surface area contributed by atoms with Crippen LogP contribution in [0.1, 0.15) is 19.4 Å². The number of nitrogens with zero attached hydrogens (tertiary/aromatic N) is 3. The average Bonchev–Trinajstić information content (AvgIpc) is 2.88. The molecule has 0 amide bonds. The van der Waals surface area contributed by atoms with Gasteiger partial charge in [0.25, 0.3) is 0 Å². The van der Waals surface area contributed by atoms with E-state index in [0.717, 1.165) is 57.6 Å². The van der Waals surface area contributed by atoms with Crippen molar-refractivity contribution in [3.05, 3.63) is 78.5 Å². The first-order chi connectivity index (χ1) is 17.4. The SMILES string of the molecule is C[C@@H]1CN(c2ccc(-c3cnc4c(-c5ccc(C#N)cc5)cccc4c3NS(C)=O)cc2)C[C@H](C)O1. The van der Waals surface area contributed by atoms with Gasteiger partial charge in [-0.05, 0) is 49.2 Å². The van der Waals surface area contributed by atoms with Crippen LogP contribution in [-0.4, -0.2) is 40.7 Å². The van der Waals surface area contributed by atoms with Gasteiger partial charge in [0, 0.05) is 47.7 Å². The van der Waals surface area contributed by atoms with Crippen LogP contribution < -0.4 is 9.62 Å². The third-order valence-corrected chi connectivity index (χ3v) is 6.92. The molecule has 1 aliphatic rings. The highest BCUT2D eigenvalue weighted by molar-refractivity contribution is 7.85. The zero-order valence-corrected chi connectivity index (χ0v) is 21.4. The first-order valence-electron chi connectivity index (χ1n) is 12.0. The lowest BCUT2D eigenvalue weighted by Gasteiger charge is -2.36. The zero-order valence-electron chi connectivity index (χ0n) is 20.6. The summed E-state index contributed by atoms with van der Waals surface area (Å²) in [5.74, 6) is 0. The molecule has 7 heteroatoms. The molecule has 182 valence electrons. The molecule has 0 bridgehead atoms. The van der Waals surface area contributed by atoms with Crippen molar-refractivity contribution >= 4 is 33.3 Å². The lowest BCUT2D eigenvalue weighted by Crippen LogP contribution is -2.45. The molecule has 36 heavy (non-hydrogen) atoms. The van der Waals surface area contributed by atoms with E-state index in [-0.39, 0.29) is 12.2 Å². The highest BCUT2D eigenvalue weighted by Crippen LogP contribution is 2.38. The third kappa shape index (κ3) is 4.83. The molecule has 1 N–H and O–H groups in total. The number of fused-ring (bicyclic) bond motifs is 1.